The topological polar surface area (TPSA) is 54.9 Å². The first-order valence-electron chi connectivity index (χ1n) is 7.90. The highest BCUT2D eigenvalue weighted by molar-refractivity contribution is 5.94. The van der Waals surface area contributed by atoms with E-state index < -0.39 is 0 Å². The second-order valence-electron chi connectivity index (χ2n) is 6.10. The molecule has 0 saturated heterocycles. The van der Waals surface area contributed by atoms with E-state index in [-0.39, 0.29) is 11.9 Å². The maximum absolute atomic E-state index is 12.4. The molecule has 21 heavy (non-hydrogen) atoms. The van der Waals surface area contributed by atoms with E-state index >= 15 is 0 Å². The minimum atomic E-state index is -0.0829. The number of para-hydroxylation sites is 2. The summed E-state index contributed by atoms with van der Waals surface area (Å²) in [6, 6.07) is 8.00. The number of carbonyl (C=O) groups excluding carboxylic acids is 1. The SMILES string of the molecule is COc1ccccc1NC(=O)[C@H](C)[NH2+][C@@H]1CCCC[C@@H]1C. The molecule has 3 N–H and O–H groups in total. The second-order valence-corrected chi connectivity index (χ2v) is 6.10. The van der Waals surface area contributed by atoms with Crippen molar-refractivity contribution in [2.24, 2.45) is 5.92 Å². The van der Waals surface area contributed by atoms with E-state index in [9.17, 15) is 4.79 Å². The summed E-state index contributed by atoms with van der Waals surface area (Å²) in [5.41, 5.74) is 0.738. The highest BCUT2D eigenvalue weighted by atomic mass is 16.5. The van der Waals surface area contributed by atoms with Gasteiger partial charge in [-0.3, -0.25) is 4.79 Å². The first-order chi connectivity index (χ1) is 10.1. The Hall–Kier alpha value is -1.55. The zero-order chi connectivity index (χ0) is 15.2. The van der Waals surface area contributed by atoms with Crippen LogP contribution in [0.1, 0.15) is 39.5 Å². The van der Waals surface area contributed by atoms with E-state index in [0.29, 0.717) is 17.7 Å². The lowest BCUT2D eigenvalue weighted by Crippen LogP contribution is -2.97. The number of nitrogens with one attached hydrogen (secondary N) is 1. The summed E-state index contributed by atoms with van der Waals surface area (Å²) in [6.07, 6.45) is 5.11. The minimum Gasteiger partial charge on any atom is -0.495 e. The Bertz CT molecular complexity index is 476. The quantitative estimate of drug-likeness (QED) is 0.873. The van der Waals surface area contributed by atoms with Crippen molar-refractivity contribution in [3.05, 3.63) is 24.3 Å². The van der Waals surface area contributed by atoms with Gasteiger partial charge in [0.2, 0.25) is 0 Å². The zero-order valence-electron chi connectivity index (χ0n) is 13.3. The third-order valence-electron chi connectivity index (χ3n) is 4.49. The number of hydrogen-bond donors (Lipinski definition) is 2. The summed E-state index contributed by atoms with van der Waals surface area (Å²) in [6.45, 7) is 4.28. The predicted octanol–water partition coefficient (Wildman–Crippen LogP) is 2.16. The van der Waals surface area contributed by atoms with E-state index in [1.165, 1.54) is 25.7 Å². The maximum atomic E-state index is 12.4. The van der Waals surface area contributed by atoms with Crippen LogP contribution in [0.3, 0.4) is 0 Å². The molecule has 1 aromatic rings. The fourth-order valence-electron chi connectivity index (χ4n) is 3.08. The largest absolute Gasteiger partial charge is 0.495 e. The molecule has 0 aromatic heterocycles. The number of hydrogen-bond acceptors (Lipinski definition) is 2. The molecule has 116 valence electrons. The van der Waals surface area contributed by atoms with Gasteiger partial charge in [0.1, 0.15) is 5.75 Å². The van der Waals surface area contributed by atoms with Gasteiger partial charge in [-0.1, -0.05) is 25.5 Å². The molecule has 0 unspecified atom stereocenters. The third kappa shape index (κ3) is 4.21. The Morgan fingerprint density at radius 2 is 2.05 bits per heavy atom. The van der Waals surface area contributed by atoms with Crippen molar-refractivity contribution in [3.8, 4) is 5.75 Å². The molecular weight excluding hydrogens is 264 g/mol. The van der Waals surface area contributed by atoms with E-state index in [2.05, 4.69) is 17.6 Å². The summed E-state index contributed by atoms with van der Waals surface area (Å²) in [4.78, 5) is 12.4. The van der Waals surface area contributed by atoms with Crippen LogP contribution in [0.25, 0.3) is 0 Å². The van der Waals surface area contributed by atoms with Gasteiger partial charge in [0.25, 0.3) is 5.91 Å². The molecule has 0 radical (unpaired) electrons. The smallest absolute Gasteiger partial charge is 0.282 e. The Morgan fingerprint density at radius 1 is 1.33 bits per heavy atom. The number of amides is 1. The molecule has 1 saturated carbocycles. The fraction of sp³-hybridized carbons (Fsp3) is 0.588. The molecule has 1 aliphatic rings. The number of methoxy groups -OCH3 is 1. The van der Waals surface area contributed by atoms with Crippen molar-refractivity contribution < 1.29 is 14.8 Å². The number of ether oxygens (including phenoxy) is 1. The highest BCUT2D eigenvalue weighted by Gasteiger charge is 2.28. The van der Waals surface area contributed by atoms with Crippen molar-refractivity contribution >= 4 is 11.6 Å². The number of rotatable bonds is 5. The van der Waals surface area contributed by atoms with Crippen molar-refractivity contribution in [3.63, 3.8) is 0 Å². The van der Waals surface area contributed by atoms with Crippen LogP contribution in [0.5, 0.6) is 5.75 Å². The lowest BCUT2D eigenvalue weighted by molar-refractivity contribution is -0.714. The van der Waals surface area contributed by atoms with Crippen LogP contribution in [0.15, 0.2) is 24.3 Å². The van der Waals surface area contributed by atoms with E-state index in [1.807, 2.05) is 31.2 Å². The molecule has 1 fully saturated rings. The average molecular weight is 291 g/mol. The maximum Gasteiger partial charge on any atom is 0.282 e. The Morgan fingerprint density at radius 3 is 2.76 bits per heavy atom. The molecule has 4 heteroatoms. The molecule has 1 amide bonds. The van der Waals surface area contributed by atoms with Crippen LogP contribution in [0, 0.1) is 5.92 Å². The number of benzene rings is 1. The third-order valence-corrected chi connectivity index (χ3v) is 4.49. The molecule has 4 nitrogen and oxygen atoms in total. The lowest BCUT2D eigenvalue weighted by Gasteiger charge is -2.28. The van der Waals surface area contributed by atoms with Crippen LogP contribution >= 0.6 is 0 Å². The molecule has 2 rings (SSSR count). The average Bonchev–Trinajstić information content (AvgIpc) is 2.50. The van der Waals surface area contributed by atoms with Gasteiger partial charge in [-0.15, -0.1) is 0 Å². The number of anilines is 1. The van der Waals surface area contributed by atoms with Gasteiger partial charge < -0.3 is 15.4 Å². The number of quaternary nitrogens is 1. The molecule has 0 bridgehead atoms. The first-order valence-corrected chi connectivity index (χ1v) is 7.90. The Kier molecular flexibility index (Phi) is 5.62. The van der Waals surface area contributed by atoms with Crippen LogP contribution in [-0.4, -0.2) is 25.1 Å². The molecule has 1 aromatic carbocycles. The van der Waals surface area contributed by atoms with E-state index in [0.717, 1.165) is 5.69 Å². The van der Waals surface area contributed by atoms with Crippen LogP contribution in [-0.2, 0) is 4.79 Å². The van der Waals surface area contributed by atoms with Crippen molar-refractivity contribution in [2.75, 3.05) is 12.4 Å². The van der Waals surface area contributed by atoms with Crippen molar-refractivity contribution in [1.29, 1.82) is 0 Å². The van der Waals surface area contributed by atoms with Gasteiger partial charge in [-0.2, -0.15) is 0 Å². The Labute approximate surface area is 127 Å². The summed E-state index contributed by atoms with van der Waals surface area (Å²) < 4.78 is 5.27. The summed E-state index contributed by atoms with van der Waals surface area (Å²) in [5, 5.41) is 5.20. The minimum absolute atomic E-state index is 0.0391. The van der Waals surface area contributed by atoms with Crippen molar-refractivity contribution in [1.82, 2.24) is 0 Å². The zero-order valence-corrected chi connectivity index (χ0v) is 13.3. The standard InChI is InChI=1S/C17H26N2O2/c1-12-8-4-5-9-14(12)18-13(2)17(20)19-15-10-6-7-11-16(15)21-3/h6-7,10-14,18H,4-5,8-9H2,1-3H3,(H,19,20)/p+1/t12-,13-,14+/m0/s1. The second kappa shape index (κ2) is 7.46. The summed E-state index contributed by atoms with van der Waals surface area (Å²) >= 11 is 0. The van der Waals surface area contributed by atoms with Gasteiger partial charge in [0.15, 0.2) is 6.04 Å². The fourth-order valence-corrected chi connectivity index (χ4v) is 3.08. The normalized spacial score (nSPS) is 23.4. The van der Waals surface area contributed by atoms with Gasteiger partial charge in [0.05, 0.1) is 18.8 Å². The Balaban J connectivity index is 1.93. The van der Waals surface area contributed by atoms with Crippen LogP contribution in [0.4, 0.5) is 5.69 Å². The molecule has 0 heterocycles. The number of carbonyl (C=O) groups is 1. The first kappa shape index (κ1) is 15.8. The molecule has 3 atom stereocenters. The number of nitrogens with two attached hydrogens (primary N) is 1. The highest BCUT2D eigenvalue weighted by Crippen LogP contribution is 2.23. The van der Waals surface area contributed by atoms with Gasteiger partial charge in [0, 0.05) is 5.92 Å². The summed E-state index contributed by atoms with van der Waals surface area (Å²) in [7, 11) is 1.62. The van der Waals surface area contributed by atoms with E-state index in [1.54, 1.807) is 7.11 Å². The molecule has 0 spiro atoms. The summed E-state index contributed by atoms with van der Waals surface area (Å²) in [5.74, 6) is 1.43. The lowest BCUT2D eigenvalue weighted by atomic mass is 9.85. The van der Waals surface area contributed by atoms with Crippen molar-refractivity contribution in [2.45, 2.75) is 51.6 Å². The molecule has 1 aliphatic carbocycles. The molecular formula is C17H27N2O2+. The van der Waals surface area contributed by atoms with Gasteiger partial charge in [-0.05, 0) is 38.3 Å². The van der Waals surface area contributed by atoms with E-state index in [4.69, 9.17) is 4.74 Å². The molecule has 0 aliphatic heterocycles. The van der Waals surface area contributed by atoms with Gasteiger partial charge >= 0.3 is 0 Å². The van der Waals surface area contributed by atoms with Crippen LogP contribution < -0.4 is 15.4 Å². The predicted molar refractivity (Wildman–Crippen MR) is 84.4 cm³/mol. The van der Waals surface area contributed by atoms with Crippen LogP contribution in [0.2, 0.25) is 0 Å². The monoisotopic (exact) mass is 291 g/mol. The van der Waals surface area contributed by atoms with Gasteiger partial charge in [-0.25, -0.2) is 0 Å².